The van der Waals surface area contributed by atoms with Crippen LogP contribution in [0, 0.1) is 0 Å². The minimum atomic E-state index is -0.377. The Kier molecular flexibility index (Phi) is 3.82. The van der Waals surface area contributed by atoms with Gasteiger partial charge in [-0.2, -0.15) is 0 Å². The van der Waals surface area contributed by atoms with E-state index >= 15 is 0 Å². The largest absolute Gasteiger partial charge is 0.394 e. The van der Waals surface area contributed by atoms with Gasteiger partial charge in [0.2, 0.25) is 5.91 Å². The van der Waals surface area contributed by atoms with Crippen molar-refractivity contribution in [3.63, 3.8) is 0 Å². The molecule has 92 valence electrons. The maximum absolute atomic E-state index is 12.2. The Morgan fingerprint density at radius 3 is 2.69 bits per heavy atom. The van der Waals surface area contributed by atoms with Gasteiger partial charge in [0.15, 0.2) is 0 Å². The highest BCUT2D eigenvalue weighted by atomic mass is 16.3. The predicted octanol–water partition coefficient (Wildman–Crippen LogP) is 0.500. The summed E-state index contributed by atoms with van der Waals surface area (Å²) in [5, 5.41) is 12.3. The second kappa shape index (κ2) is 5.15. The van der Waals surface area contributed by atoms with Gasteiger partial charge in [-0.1, -0.05) is 19.3 Å². The fourth-order valence-corrected chi connectivity index (χ4v) is 2.94. The molecule has 0 bridgehead atoms. The molecule has 0 aromatic rings. The van der Waals surface area contributed by atoms with E-state index in [1.165, 1.54) is 19.3 Å². The summed E-state index contributed by atoms with van der Waals surface area (Å²) in [5.41, 5.74) is 0. The average molecular weight is 226 g/mol. The Morgan fingerprint density at radius 2 is 2.06 bits per heavy atom. The monoisotopic (exact) mass is 226 g/mol. The molecule has 1 saturated carbocycles. The summed E-state index contributed by atoms with van der Waals surface area (Å²) in [4.78, 5) is 14.2. The van der Waals surface area contributed by atoms with Crippen molar-refractivity contribution in [1.29, 1.82) is 0 Å². The zero-order chi connectivity index (χ0) is 11.5. The summed E-state index contributed by atoms with van der Waals surface area (Å²) in [6.07, 6.45) is 6.04. The van der Waals surface area contributed by atoms with Crippen LogP contribution in [0.5, 0.6) is 0 Å². The molecule has 0 radical (unpaired) electrons. The number of nitrogens with one attached hydrogen (secondary N) is 1. The van der Waals surface area contributed by atoms with Crippen LogP contribution in [0.1, 0.15) is 39.0 Å². The lowest BCUT2D eigenvalue weighted by molar-refractivity contribution is -0.143. The van der Waals surface area contributed by atoms with Crippen LogP contribution in [0.15, 0.2) is 0 Å². The van der Waals surface area contributed by atoms with Gasteiger partial charge in [-0.05, 0) is 19.8 Å². The van der Waals surface area contributed by atoms with Crippen LogP contribution in [0.2, 0.25) is 0 Å². The zero-order valence-corrected chi connectivity index (χ0v) is 9.98. The van der Waals surface area contributed by atoms with Crippen molar-refractivity contribution in [1.82, 2.24) is 10.2 Å². The number of carbonyl (C=O) groups excluding carboxylic acids is 1. The molecule has 16 heavy (non-hydrogen) atoms. The molecule has 1 saturated heterocycles. The number of nitrogens with zero attached hydrogens (tertiary/aromatic N) is 1. The van der Waals surface area contributed by atoms with Crippen LogP contribution in [0.25, 0.3) is 0 Å². The van der Waals surface area contributed by atoms with Crippen molar-refractivity contribution in [3.05, 3.63) is 0 Å². The first-order chi connectivity index (χ1) is 7.74. The third-order valence-corrected chi connectivity index (χ3v) is 3.84. The third-order valence-electron chi connectivity index (χ3n) is 3.84. The van der Waals surface area contributed by atoms with E-state index in [0.29, 0.717) is 6.04 Å². The lowest BCUT2D eigenvalue weighted by Gasteiger charge is -2.44. The van der Waals surface area contributed by atoms with Gasteiger partial charge in [0.1, 0.15) is 6.04 Å². The van der Waals surface area contributed by atoms with E-state index in [1.807, 2.05) is 4.90 Å². The van der Waals surface area contributed by atoms with E-state index in [1.54, 1.807) is 0 Å². The van der Waals surface area contributed by atoms with Crippen LogP contribution in [0.4, 0.5) is 0 Å². The Balaban J connectivity index is 2.06. The molecule has 0 spiro atoms. The molecule has 1 heterocycles. The first-order valence-electron chi connectivity index (χ1n) is 6.40. The molecule has 4 heteroatoms. The Bertz CT molecular complexity index is 251. The minimum absolute atomic E-state index is 0.0885. The van der Waals surface area contributed by atoms with Gasteiger partial charge in [-0.25, -0.2) is 0 Å². The van der Waals surface area contributed by atoms with E-state index in [4.69, 9.17) is 5.11 Å². The Morgan fingerprint density at radius 1 is 1.38 bits per heavy atom. The lowest BCUT2D eigenvalue weighted by Crippen LogP contribution is -2.63. The maximum atomic E-state index is 12.2. The number of aliphatic hydroxyl groups is 1. The summed E-state index contributed by atoms with van der Waals surface area (Å²) in [6, 6.07) is 0.295. The average Bonchev–Trinajstić information content (AvgIpc) is 2.31. The normalized spacial score (nSPS) is 33.1. The molecule has 2 rings (SSSR count). The number of rotatable bonds is 2. The number of piperazine rings is 1. The molecule has 4 nitrogen and oxygen atoms in total. The van der Waals surface area contributed by atoms with E-state index in [0.717, 1.165) is 19.4 Å². The van der Waals surface area contributed by atoms with E-state index in [9.17, 15) is 4.79 Å². The van der Waals surface area contributed by atoms with Crippen LogP contribution in [-0.2, 0) is 4.79 Å². The molecule has 1 amide bonds. The van der Waals surface area contributed by atoms with Crippen molar-refractivity contribution >= 4 is 5.91 Å². The second-order valence-electron chi connectivity index (χ2n) is 5.03. The zero-order valence-electron chi connectivity index (χ0n) is 9.98. The third kappa shape index (κ3) is 2.23. The van der Waals surface area contributed by atoms with Crippen molar-refractivity contribution in [2.24, 2.45) is 0 Å². The number of hydrogen-bond donors (Lipinski definition) is 2. The highest BCUT2D eigenvalue weighted by Crippen LogP contribution is 2.26. The molecular weight excluding hydrogens is 204 g/mol. The second-order valence-corrected chi connectivity index (χ2v) is 5.03. The highest BCUT2D eigenvalue weighted by Gasteiger charge is 2.36. The molecule has 2 fully saturated rings. The van der Waals surface area contributed by atoms with Gasteiger partial charge in [-0.3, -0.25) is 4.79 Å². The minimum Gasteiger partial charge on any atom is -0.394 e. The molecule has 2 atom stereocenters. The van der Waals surface area contributed by atoms with Crippen molar-refractivity contribution < 1.29 is 9.90 Å². The smallest absolute Gasteiger partial charge is 0.242 e. The summed E-state index contributed by atoms with van der Waals surface area (Å²) >= 11 is 0. The van der Waals surface area contributed by atoms with Crippen LogP contribution in [-0.4, -0.2) is 47.2 Å². The molecular formula is C12H22N2O2. The van der Waals surface area contributed by atoms with Crippen LogP contribution >= 0.6 is 0 Å². The summed E-state index contributed by atoms with van der Waals surface area (Å²) in [6.45, 7) is 2.80. The quantitative estimate of drug-likeness (QED) is 0.721. The van der Waals surface area contributed by atoms with Crippen LogP contribution in [0.3, 0.4) is 0 Å². The Labute approximate surface area is 97.0 Å². The van der Waals surface area contributed by atoms with E-state index in [2.05, 4.69) is 12.2 Å². The van der Waals surface area contributed by atoms with E-state index in [-0.39, 0.29) is 24.6 Å². The molecule has 2 unspecified atom stereocenters. The van der Waals surface area contributed by atoms with Gasteiger partial charge < -0.3 is 15.3 Å². The first-order valence-corrected chi connectivity index (χ1v) is 6.40. The number of aliphatic hydroxyl groups excluding tert-OH is 1. The van der Waals surface area contributed by atoms with E-state index < -0.39 is 0 Å². The Hall–Kier alpha value is -0.610. The van der Waals surface area contributed by atoms with Gasteiger partial charge in [0.25, 0.3) is 0 Å². The lowest BCUT2D eigenvalue weighted by atomic mass is 9.92. The summed E-state index contributed by atoms with van der Waals surface area (Å²) < 4.78 is 0. The SMILES string of the molecule is CC1CNC(CO)C(=O)N1C1CCCCC1. The fourth-order valence-electron chi connectivity index (χ4n) is 2.94. The molecule has 2 N–H and O–H groups in total. The number of amides is 1. The van der Waals surface area contributed by atoms with Crippen molar-refractivity contribution in [2.45, 2.75) is 57.2 Å². The van der Waals surface area contributed by atoms with Gasteiger partial charge >= 0.3 is 0 Å². The predicted molar refractivity (Wildman–Crippen MR) is 62.1 cm³/mol. The maximum Gasteiger partial charge on any atom is 0.242 e. The van der Waals surface area contributed by atoms with Crippen molar-refractivity contribution in [2.75, 3.05) is 13.2 Å². The van der Waals surface area contributed by atoms with Gasteiger partial charge in [0.05, 0.1) is 6.61 Å². The van der Waals surface area contributed by atoms with Gasteiger partial charge in [-0.15, -0.1) is 0 Å². The number of hydrogen-bond acceptors (Lipinski definition) is 3. The molecule has 2 aliphatic rings. The summed E-state index contributed by atoms with van der Waals surface area (Å²) in [5.74, 6) is 0.0909. The molecule has 1 aliphatic heterocycles. The molecule has 0 aromatic carbocycles. The first kappa shape index (κ1) is 11.9. The van der Waals surface area contributed by atoms with Crippen LogP contribution < -0.4 is 5.32 Å². The highest BCUT2D eigenvalue weighted by molar-refractivity contribution is 5.83. The number of carbonyl (C=O) groups is 1. The molecule has 1 aliphatic carbocycles. The summed E-state index contributed by atoms with van der Waals surface area (Å²) in [7, 11) is 0. The standard InChI is InChI=1S/C12H22N2O2/c1-9-7-13-11(8-15)12(16)14(9)10-5-3-2-4-6-10/h9-11,13,15H,2-8H2,1H3. The topological polar surface area (TPSA) is 52.6 Å². The van der Waals surface area contributed by atoms with Gasteiger partial charge in [0, 0.05) is 18.6 Å². The van der Waals surface area contributed by atoms with Crippen molar-refractivity contribution in [3.8, 4) is 0 Å². The molecule has 0 aromatic heterocycles. The fraction of sp³-hybridized carbons (Fsp3) is 0.917.